The average Bonchev–Trinajstić information content (AvgIpc) is 2.87. The smallest absolute Gasteiger partial charge is 0.144 e. The lowest BCUT2D eigenvalue weighted by Crippen LogP contribution is -2.27. The van der Waals surface area contributed by atoms with Crippen molar-refractivity contribution in [2.24, 2.45) is 22.6 Å². The Balaban J connectivity index is 1.68. The first kappa shape index (κ1) is 14.8. The minimum absolute atomic E-state index is 0.391. The van der Waals surface area contributed by atoms with Gasteiger partial charge in [-0.3, -0.25) is 4.99 Å². The van der Waals surface area contributed by atoms with Gasteiger partial charge < -0.3 is 15.6 Å². The fourth-order valence-electron chi connectivity index (χ4n) is 3.77. The van der Waals surface area contributed by atoms with Crippen LogP contribution in [0.2, 0.25) is 5.02 Å². The number of anilines is 1. The molecule has 0 bridgehead atoms. The molecule has 0 amide bonds. The molecule has 2 fully saturated rings. The van der Waals surface area contributed by atoms with Crippen LogP contribution >= 0.6 is 11.6 Å². The topological polar surface area (TPSA) is 83.2 Å². The summed E-state index contributed by atoms with van der Waals surface area (Å²) < 4.78 is 0. The van der Waals surface area contributed by atoms with Crippen LogP contribution in [0.3, 0.4) is 0 Å². The van der Waals surface area contributed by atoms with E-state index < -0.39 is 0 Å². The molecule has 2 aromatic heterocycles. The molecule has 2 unspecified atom stereocenters. The van der Waals surface area contributed by atoms with Crippen molar-refractivity contribution in [3.8, 4) is 0 Å². The number of aliphatic imine (C=N–C) groups is 1. The molecule has 0 radical (unpaired) electrons. The molecule has 6 nitrogen and oxygen atoms in total. The highest BCUT2D eigenvalue weighted by Gasteiger charge is 2.56. The Morgan fingerprint density at radius 2 is 2.09 bits per heavy atom. The number of aryl methyl sites for hydroxylation is 2. The van der Waals surface area contributed by atoms with E-state index in [2.05, 4.69) is 31.8 Å². The summed E-state index contributed by atoms with van der Waals surface area (Å²) in [4.78, 5) is 19.4. The lowest BCUT2D eigenvalue weighted by Gasteiger charge is -2.21. The molecule has 1 aliphatic carbocycles. The number of halogens is 1. The third-order valence-electron chi connectivity index (χ3n) is 4.91. The van der Waals surface area contributed by atoms with Crippen molar-refractivity contribution < 1.29 is 0 Å². The third kappa shape index (κ3) is 2.27. The molecular weight excluding hydrogens is 312 g/mol. The normalized spacial score (nSPS) is 26.9. The van der Waals surface area contributed by atoms with Crippen molar-refractivity contribution in [1.29, 1.82) is 0 Å². The number of fused-ring (bicyclic) bond motifs is 2. The average molecular weight is 333 g/mol. The molecule has 1 aliphatic heterocycles. The van der Waals surface area contributed by atoms with Crippen LogP contribution in [0.5, 0.6) is 0 Å². The van der Waals surface area contributed by atoms with E-state index in [0.717, 1.165) is 52.9 Å². The maximum Gasteiger partial charge on any atom is 0.144 e. The molecule has 0 spiro atoms. The van der Waals surface area contributed by atoms with Crippen LogP contribution in [0.15, 0.2) is 4.99 Å². The van der Waals surface area contributed by atoms with E-state index in [1.165, 1.54) is 0 Å². The second kappa shape index (κ2) is 5.09. The minimum atomic E-state index is 0.391. The van der Waals surface area contributed by atoms with Crippen LogP contribution in [-0.2, 0) is 6.42 Å². The van der Waals surface area contributed by atoms with Gasteiger partial charge in [-0.2, -0.15) is 0 Å². The van der Waals surface area contributed by atoms with E-state index in [9.17, 15) is 0 Å². The van der Waals surface area contributed by atoms with E-state index in [1.807, 2.05) is 13.8 Å². The maximum atomic E-state index is 6.56. The van der Waals surface area contributed by atoms with Gasteiger partial charge in [0.05, 0.1) is 22.3 Å². The minimum Gasteiger partial charge on any atom is -0.388 e. The van der Waals surface area contributed by atoms with Crippen molar-refractivity contribution in [2.75, 3.05) is 18.0 Å². The van der Waals surface area contributed by atoms with E-state index in [1.54, 1.807) is 0 Å². The number of hydrogen-bond donors (Lipinski definition) is 2. The Kier molecular flexibility index (Phi) is 3.27. The molecule has 23 heavy (non-hydrogen) atoms. The number of piperidine rings is 1. The van der Waals surface area contributed by atoms with Gasteiger partial charge in [0, 0.05) is 30.6 Å². The molecule has 2 atom stereocenters. The van der Waals surface area contributed by atoms with Gasteiger partial charge >= 0.3 is 0 Å². The van der Waals surface area contributed by atoms with Gasteiger partial charge in [-0.1, -0.05) is 18.5 Å². The van der Waals surface area contributed by atoms with E-state index in [4.69, 9.17) is 17.3 Å². The van der Waals surface area contributed by atoms with Gasteiger partial charge in [-0.15, -0.1) is 0 Å². The largest absolute Gasteiger partial charge is 0.388 e. The van der Waals surface area contributed by atoms with Crippen molar-refractivity contribution in [2.45, 2.75) is 33.2 Å². The van der Waals surface area contributed by atoms with Gasteiger partial charge in [0.2, 0.25) is 0 Å². The van der Waals surface area contributed by atoms with Crippen LogP contribution in [0.25, 0.3) is 11.0 Å². The van der Waals surface area contributed by atoms with Crippen LogP contribution in [0.4, 0.5) is 5.82 Å². The third-order valence-corrected chi connectivity index (χ3v) is 5.33. The SMILES string of the molecule is CCc1[nH]c2nc(C)nc(N3CC4C(C3)C4N=C(C)N)c2c1Cl. The van der Waals surface area contributed by atoms with Crippen LogP contribution < -0.4 is 10.6 Å². The summed E-state index contributed by atoms with van der Waals surface area (Å²) in [5.41, 5.74) is 7.57. The zero-order chi connectivity index (χ0) is 16.3. The molecule has 122 valence electrons. The summed E-state index contributed by atoms with van der Waals surface area (Å²) in [7, 11) is 0. The maximum absolute atomic E-state index is 6.56. The Morgan fingerprint density at radius 3 is 2.70 bits per heavy atom. The van der Waals surface area contributed by atoms with Gasteiger partial charge in [0.25, 0.3) is 0 Å². The quantitative estimate of drug-likeness (QED) is 0.667. The highest BCUT2D eigenvalue weighted by molar-refractivity contribution is 6.37. The van der Waals surface area contributed by atoms with Crippen molar-refractivity contribution in [3.05, 3.63) is 16.5 Å². The first-order valence-corrected chi connectivity index (χ1v) is 8.47. The molecule has 2 aromatic rings. The lowest BCUT2D eigenvalue weighted by molar-refractivity contribution is 0.736. The van der Waals surface area contributed by atoms with E-state index >= 15 is 0 Å². The summed E-state index contributed by atoms with van der Waals surface area (Å²) in [5, 5.41) is 1.70. The first-order valence-electron chi connectivity index (χ1n) is 8.09. The fourth-order valence-corrected chi connectivity index (χ4v) is 4.12. The van der Waals surface area contributed by atoms with Crippen molar-refractivity contribution >= 4 is 34.3 Å². The Hall–Kier alpha value is -1.82. The molecular formula is C16H21ClN6. The molecule has 2 aliphatic rings. The highest BCUT2D eigenvalue weighted by Crippen LogP contribution is 2.50. The number of aromatic amines is 1. The van der Waals surface area contributed by atoms with Gasteiger partial charge in [-0.05, 0) is 20.3 Å². The number of aromatic nitrogens is 3. The van der Waals surface area contributed by atoms with Gasteiger partial charge in [0.15, 0.2) is 0 Å². The molecule has 4 rings (SSSR count). The lowest BCUT2D eigenvalue weighted by atomic mass is 10.2. The Labute approximate surface area is 140 Å². The number of nitrogens with zero attached hydrogens (tertiary/aromatic N) is 4. The van der Waals surface area contributed by atoms with Crippen LogP contribution in [0, 0.1) is 18.8 Å². The standard InChI is InChI=1S/C16H21ClN6/c1-4-11-13(17)12-15(22-11)20-8(3)21-16(12)23-5-9-10(6-23)14(9)19-7(2)18/h9-10,14H,4-6H2,1-3H3,(H2,18,19)(H,20,21,22). The summed E-state index contributed by atoms with van der Waals surface area (Å²) in [6, 6.07) is 0.391. The monoisotopic (exact) mass is 332 g/mol. The number of H-pyrrole nitrogens is 1. The Morgan fingerprint density at radius 1 is 1.39 bits per heavy atom. The van der Waals surface area contributed by atoms with Crippen molar-refractivity contribution in [3.63, 3.8) is 0 Å². The fraction of sp³-hybridized carbons (Fsp3) is 0.562. The number of hydrogen-bond acceptors (Lipinski definition) is 4. The number of amidine groups is 1. The molecule has 3 N–H and O–H groups in total. The second-order valence-electron chi connectivity index (χ2n) is 6.58. The van der Waals surface area contributed by atoms with Crippen LogP contribution in [-0.4, -0.2) is 39.9 Å². The zero-order valence-corrected chi connectivity index (χ0v) is 14.4. The number of rotatable bonds is 3. The van der Waals surface area contributed by atoms with Gasteiger partial charge in [0.1, 0.15) is 17.3 Å². The first-order chi connectivity index (χ1) is 11.0. The summed E-state index contributed by atoms with van der Waals surface area (Å²) in [6.45, 7) is 7.78. The summed E-state index contributed by atoms with van der Waals surface area (Å²) in [5.74, 6) is 3.57. The predicted molar refractivity (Wildman–Crippen MR) is 93.3 cm³/mol. The zero-order valence-electron chi connectivity index (χ0n) is 13.6. The molecule has 1 saturated heterocycles. The second-order valence-corrected chi connectivity index (χ2v) is 6.96. The molecule has 7 heteroatoms. The molecule has 3 heterocycles. The summed E-state index contributed by atoms with van der Waals surface area (Å²) in [6.07, 6.45) is 0.853. The highest BCUT2D eigenvalue weighted by atomic mass is 35.5. The molecule has 0 aromatic carbocycles. The molecule has 1 saturated carbocycles. The van der Waals surface area contributed by atoms with E-state index in [0.29, 0.717) is 23.7 Å². The predicted octanol–water partition coefficient (Wildman–Crippen LogP) is 2.29. The van der Waals surface area contributed by atoms with E-state index in [-0.39, 0.29) is 0 Å². The van der Waals surface area contributed by atoms with Crippen molar-refractivity contribution in [1.82, 2.24) is 15.0 Å². The van der Waals surface area contributed by atoms with Gasteiger partial charge in [-0.25, -0.2) is 9.97 Å². The van der Waals surface area contributed by atoms with Crippen LogP contribution in [0.1, 0.15) is 25.4 Å². The number of nitrogens with two attached hydrogens (primary N) is 1. The Bertz CT molecular complexity index is 794. The number of nitrogens with one attached hydrogen (secondary N) is 1. The summed E-state index contributed by atoms with van der Waals surface area (Å²) >= 11 is 6.56.